The summed E-state index contributed by atoms with van der Waals surface area (Å²) in [5.41, 5.74) is 1.30. The van der Waals surface area contributed by atoms with E-state index in [4.69, 9.17) is 9.26 Å². The molecule has 1 aliphatic carbocycles. The maximum atomic E-state index is 13.0. The number of benzene rings is 1. The van der Waals surface area contributed by atoms with Crippen molar-refractivity contribution in [1.82, 2.24) is 14.2 Å². The predicted molar refractivity (Wildman–Crippen MR) is 149 cm³/mol. The number of nitrogens with one attached hydrogen (secondary N) is 1. The van der Waals surface area contributed by atoms with Crippen molar-refractivity contribution in [2.24, 2.45) is 5.92 Å². The lowest BCUT2D eigenvalue weighted by molar-refractivity contribution is -0.104. The van der Waals surface area contributed by atoms with Crippen molar-refractivity contribution in [2.45, 2.75) is 69.6 Å². The molecule has 2 aromatic rings. The van der Waals surface area contributed by atoms with Gasteiger partial charge in [-0.05, 0) is 63.6 Å². The van der Waals surface area contributed by atoms with Gasteiger partial charge in [-0.2, -0.15) is 4.98 Å². The van der Waals surface area contributed by atoms with Crippen LogP contribution in [0.15, 0.2) is 59.5 Å². The number of hydrogen-bond acceptors (Lipinski definition) is 7. The summed E-state index contributed by atoms with van der Waals surface area (Å²) in [6.07, 6.45) is 5.57. The lowest BCUT2D eigenvalue weighted by Gasteiger charge is -2.39. The largest absolute Gasteiger partial charge is 0.352 e. The van der Waals surface area contributed by atoms with E-state index in [0.717, 1.165) is 25.8 Å². The van der Waals surface area contributed by atoms with Crippen molar-refractivity contribution in [1.29, 1.82) is 0 Å². The fourth-order valence-corrected chi connectivity index (χ4v) is 10.4. The first kappa shape index (κ1) is 26.6. The summed E-state index contributed by atoms with van der Waals surface area (Å²) in [6, 6.07) is 10.5. The number of amides is 1. The molecule has 1 saturated carbocycles. The van der Waals surface area contributed by atoms with Crippen LogP contribution in [-0.4, -0.2) is 50.2 Å². The predicted octanol–water partition coefficient (Wildman–Crippen LogP) is 5.60. The molecule has 1 aromatic heterocycles. The minimum Gasteiger partial charge on any atom is -0.352 e. The average molecular weight is 543 g/mol. The molecule has 1 aromatic carbocycles. The second kappa shape index (κ2) is 11.0. The van der Waals surface area contributed by atoms with E-state index in [1.54, 1.807) is 36.5 Å². The van der Waals surface area contributed by atoms with Crippen molar-refractivity contribution < 1.29 is 14.1 Å². The molecule has 2 aliphatic heterocycles. The Morgan fingerprint density at radius 1 is 1.30 bits per heavy atom. The number of carbonyl (C=O) groups excluding carboxylic acids is 1. The van der Waals surface area contributed by atoms with E-state index >= 15 is 0 Å². The van der Waals surface area contributed by atoms with Gasteiger partial charge in [0.15, 0.2) is 13.7 Å². The molecule has 198 valence electrons. The van der Waals surface area contributed by atoms with Gasteiger partial charge in [-0.3, -0.25) is 9.36 Å². The fraction of sp³-hybridized carbons (Fsp3) is 0.519. The summed E-state index contributed by atoms with van der Waals surface area (Å²) in [5.74, 6) is 0.441. The van der Waals surface area contributed by atoms with E-state index in [0.29, 0.717) is 18.0 Å². The number of fused-ring (bicyclic) bond motifs is 1. The molecule has 0 unspecified atom stereocenters. The third kappa shape index (κ3) is 5.71. The molecule has 6 atom stereocenters. The van der Waals surface area contributed by atoms with E-state index in [9.17, 15) is 9.59 Å². The van der Waals surface area contributed by atoms with Crippen LogP contribution in [0.25, 0.3) is 0 Å². The number of nitrogens with zero attached hydrogens (tertiary/aromatic N) is 3. The fourth-order valence-electron chi connectivity index (χ4n) is 5.18. The highest BCUT2D eigenvalue weighted by Gasteiger charge is 2.52. The van der Waals surface area contributed by atoms with E-state index in [1.165, 1.54) is 16.6 Å². The van der Waals surface area contributed by atoms with Gasteiger partial charge in [0.25, 0.3) is 5.91 Å². The van der Waals surface area contributed by atoms with E-state index in [-0.39, 0.29) is 28.7 Å². The van der Waals surface area contributed by atoms with Crippen molar-refractivity contribution in [3.63, 3.8) is 0 Å². The van der Waals surface area contributed by atoms with Crippen LogP contribution in [0.2, 0.25) is 0 Å². The highest BCUT2D eigenvalue weighted by molar-refractivity contribution is 8.54. The number of morpholine rings is 1. The van der Waals surface area contributed by atoms with Crippen LogP contribution in [0.4, 0.5) is 5.82 Å². The van der Waals surface area contributed by atoms with Crippen molar-refractivity contribution in [2.75, 3.05) is 18.4 Å². The third-order valence-electron chi connectivity index (χ3n) is 7.60. The van der Waals surface area contributed by atoms with Gasteiger partial charge >= 0.3 is 5.69 Å². The van der Waals surface area contributed by atoms with Crippen LogP contribution >= 0.6 is 18.9 Å². The molecular weight excluding hydrogens is 507 g/mol. The highest BCUT2D eigenvalue weighted by Crippen LogP contribution is 2.71. The lowest BCUT2D eigenvalue weighted by Crippen LogP contribution is -2.45. The first-order chi connectivity index (χ1) is 17.8. The van der Waals surface area contributed by atoms with Crippen LogP contribution in [0.3, 0.4) is 0 Å². The first-order valence-corrected chi connectivity index (χ1v) is 15.6. The van der Waals surface area contributed by atoms with Gasteiger partial charge in [0.05, 0.1) is 18.8 Å². The van der Waals surface area contributed by atoms with Crippen molar-refractivity contribution in [3.05, 3.63) is 70.8 Å². The van der Waals surface area contributed by atoms with E-state index < -0.39 is 19.4 Å². The monoisotopic (exact) mass is 542 g/mol. The number of rotatable bonds is 6. The Balaban J connectivity index is 1.29. The zero-order valence-corrected chi connectivity index (χ0v) is 23.3. The minimum absolute atomic E-state index is 0.00610. The molecule has 1 N–H and O–H groups in total. The molecule has 5 rings (SSSR count). The Labute approximate surface area is 223 Å². The SMILES string of the molecule is C=C(C)[C@H]1CC[C@@]2(C)S[P@](N3C[C@@H](CC)O[C@@H](n4ccc(NC(=O)c5ccccc5)nc4=O)C3)O[C@@H]2C1. The van der Waals surface area contributed by atoms with Crippen LogP contribution in [0.5, 0.6) is 0 Å². The number of hydrogen-bond donors (Lipinski definition) is 1. The molecule has 0 radical (unpaired) electrons. The normalized spacial score (nSPS) is 32.0. The second-order valence-electron chi connectivity index (χ2n) is 10.4. The molecule has 1 amide bonds. The highest BCUT2D eigenvalue weighted by atomic mass is 32.7. The second-order valence-corrected chi connectivity index (χ2v) is 14.2. The minimum atomic E-state index is -0.856. The van der Waals surface area contributed by atoms with E-state index in [2.05, 4.69) is 42.3 Å². The van der Waals surface area contributed by atoms with Gasteiger partial charge in [-0.1, -0.05) is 48.7 Å². The number of allylic oxidation sites excluding steroid dienone is 1. The van der Waals surface area contributed by atoms with Crippen LogP contribution in [0, 0.1) is 5.92 Å². The Morgan fingerprint density at radius 2 is 2.08 bits per heavy atom. The Bertz CT molecular complexity index is 1210. The quantitative estimate of drug-likeness (QED) is 0.376. The summed E-state index contributed by atoms with van der Waals surface area (Å²) >= 11 is 1.97. The molecule has 3 heterocycles. The molecule has 8 nitrogen and oxygen atoms in total. The van der Waals surface area contributed by atoms with Gasteiger partial charge in [0.2, 0.25) is 0 Å². The molecule has 10 heteroatoms. The van der Waals surface area contributed by atoms with Gasteiger partial charge in [-0.15, -0.1) is 0 Å². The maximum absolute atomic E-state index is 13.0. The number of carbonyl (C=O) groups is 1. The van der Waals surface area contributed by atoms with Crippen molar-refractivity contribution >= 4 is 30.6 Å². The number of ether oxygens (including phenoxy) is 1. The third-order valence-corrected chi connectivity index (χ3v) is 12.5. The topological polar surface area (TPSA) is 85.7 Å². The average Bonchev–Trinajstić information content (AvgIpc) is 3.25. The van der Waals surface area contributed by atoms with Gasteiger partial charge in [0, 0.05) is 23.1 Å². The van der Waals surface area contributed by atoms with E-state index in [1.807, 2.05) is 17.4 Å². The Kier molecular flexibility index (Phi) is 7.89. The summed E-state index contributed by atoms with van der Waals surface area (Å²) in [7, 11) is -0.856. The van der Waals surface area contributed by atoms with Crippen LogP contribution < -0.4 is 11.0 Å². The van der Waals surface area contributed by atoms with Crippen molar-refractivity contribution in [3.8, 4) is 0 Å². The molecule has 0 bridgehead atoms. The number of anilines is 1. The smallest absolute Gasteiger partial charge is 0.351 e. The molecular formula is C27H35N4O4PS. The molecule has 3 aliphatic rings. The maximum Gasteiger partial charge on any atom is 0.351 e. The first-order valence-electron chi connectivity index (χ1n) is 12.9. The summed E-state index contributed by atoms with van der Waals surface area (Å²) < 4.78 is 17.0. The van der Waals surface area contributed by atoms with Gasteiger partial charge in [-0.25, -0.2) is 9.46 Å². The molecule has 37 heavy (non-hydrogen) atoms. The summed E-state index contributed by atoms with van der Waals surface area (Å²) in [4.78, 5) is 29.6. The van der Waals surface area contributed by atoms with Crippen LogP contribution in [0.1, 0.15) is 63.0 Å². The zero-order valence-electron chi connectivity index (χ0n) is 21.6. The zero-order chi connectivity index (χ0) is 26.2. The lowest BCUT2D eigenvalue weighted by atomic mass is 9.77. The van der Waals surface area contributed by atoms with Gasteiger partial charge in [0.1, 0.15) is 5.82 Å². The van der Waals surface area contributed by atoms with Crippen LogP contribution in [-0.2, 0) is 9.26 Å². The summed E-state index contributed by atoms with van der Waals surface area (Å²) in [6.45, 7) is 12.1. The Hall–Kier alpha value is -2.03. The Morgan fingerprint density at radius 3 is 2.78 bits per heavy atom. The number of aromatic nitrogens is 2. The summed E-state index contributed by atoms with van der Waals surface area (Å²) in [5, 5.41) is 2.71. The standard InChI is InChI=1S/C27H35N4O4PS/c1-5-21-16-30(36-35-22-15-20(18(2)3)11-13-27(22,4)37-36)17-24(34-21)31-14-12-23(29-26(31)33)28-25(32)19-9-7-6-8-10-19/h6-10,12,14,20-22,24H,2,5,11,13,15-17H2,1,3-4H3,(H,28,29,32,33)/t20-,21+,22+,24+,27+,36+/m0/s1. The molecule has 0 spiro atoms. The molecule has 2 saturated heterocycles. The molecule has 3 fully saturated rings. The van der Waals surface area contributed by atoms with Gasteiger partial charge < -0.3 is 14.6 Å².